The lowest BCUT2D eigenvalue weighted by Crippen LogP contribution is -2.12. The Balaban J connectivity index is 1.79. The Labute approximate surface area is 142 Å². The Kier molecular flexibility index (Phi) is 4.52. The highest BCUT2D eigenvalue weighted by molar-refractivity contribution is 5.83. The Morgan fingerprint density at radius 3 is 2.44 bits per heavy atom. The lowest BCUT2D eigenvalue weighted by atomic mass is 10.1. The molecule has 0 spiro atoms. The third kappa shape index (κ3) is 3.67. The van der Waals surface area contributed by atoms with Crippen molar-refractivity contribution in [3.05, 3.63) is 47.7 Å². The second-order valence-corrected chi connectivity index (χ2v) is 5.42. The number of benzene rings is 1. The number of hydrogen-bond donors (Lipinski definition) is 0. The molecule has 1 aromatic carbocycles. The first-order chi connectivity index (χ1) is 11.9. The van der Waals surface area contributed by atoms with Gasteiger partial charge in [0.05, 0.1) is 16.6 Å². The van der Waals surface area contributed by atoms with Gasteiger partial charge in [-0.15, -0.1) is 0 Å². The summed E-state index contributed by atoms with van der Waals surface area (Å²) < 4.78 is 52.2. The van der Waals surface area contributed by atoms with Gasteiger partial charge >= 0.3 is 6.18 Å². The minimum absolute atomic E-state index is 0.0112. The first-order valence-electron chi connectivity index (χ1n) is 7.58. The van der Waals surface area contributed by atoms with Crippen LogP contribution in [-0.2, 0) is 13.2 Å². The number of aromatic nitrogens is 3. The summed E-state index contributed by atoms with van der Waals surface area (Å²) in [6.07, 6.45) is -4.52. The van der Waals surface area contributed by atoms with E-state index in [4.69, 9.17) is 9.47 Å². The molecule has 0 N–H and O–H groups in total. The van der Waals surface area contributed by atoms with Gasteiger partial charge in [-0.05, 0) is 19.1 Å². The van der Waals surface area contributed by atoms with Crippen molar-refractivity contribution < 1.29 is 22.6 Å². The zero-order chi connectivity index (χ0) is 18.0. The van der Waals surface area contributed by atoms with Crippen molar-refractivity contribution in [1.29, 1.82) is 0 Å². The number of ether oxygens (including phenoxy) is 2. The Bertz CT molecular complexity index is 876. The molecule has 3 aromatic rings. The van der Waals surface area contributed by atoms with E-state index in [2.05, 4.69) is 10.1 Å². The number of aryl methyl sites for hydroxylation is 2. The van der Waals surface area contributed by atoms with Gasteiger partial charge in [-0.3, -0.25) is 4.68 Å². The molecule has 0 aliphatic heterocycles. The molecule has 132 valence electrons. The fourth-order valence-electron chi connectivity index (χ4n) is 2.54. The van der Waals surface area contributed by atoms with E-state index in [-0.39, 0.29) is 35.8 Å². The Morgan fingerprint density at radius 1 is 1.08 bits per heavy atom. The van der Waals surface area contributed by atoms with Gasteiger partial charge < -0.3 is 9.47 Å². The molecule has 25 heavy (non-hydrogen) atoms. The number of rotatable bonds is 5. The highest BCUT2D eigenvalue weighted by atomic mass is 19.4. The number of halogens is 3. The van der Waals surface area contributed by atoms with Gasteiger partial charge in [-0.1, -0.05) is 18.2 Å². The van der Waals surface area contributed by atoms with Crippen LogP contribution in [0.2, 0.25) is 0 Å². The molecule has 0 aliphatic carbocycles. The van der Waals surface area contributed by atoms with Gasteiger partial charge in [0.15, 0.2) is 5.65 Å². The molecule has 5 nitrogen and oxygen atoms in total. The maximum absolute atomic E-state index is 13.4. The number of fused-ring (bicyclic) bond motifs is 1. The van der Waals surface area contributed by atoms with Crippen LogP contribution < -0.4 is 9.47 Å². The molecule has 0 bridgehead atoms. The quantitative estimate of drug-likeness (QED) is 0.657. The van der Waals surface area contributed by atoms with E-state index < -0.39 is 11.7 Å². The molecule has 0 radical (unpaired) electrons. The fourth-order valence-corrected chi connectivity index (χ4v) is 2.54. The van der Waals surface area contributed by atoms with Crippen molar-refractivity contribution in [2.75, 3.05) is 13.2 Å². The molecule has 0 atom stereocenters. The monoisotopic (exact) mass is 351 g/mol. The summed E-state index contributed by atoms with van der Waals surface area (Å²) >= 11 is 0. The van der Waals surface area contributed by atoms with Crippen LogP contribution in [-0.4, -0.2) is 28.0 Å². The number of alkyl halides is 3. The second-order valence-electron chi connectivity index (χ2n) is 5.42. The highest BCUT2D eigenvalue weighted by Gasteiger charge is 2.35. The van der Waals surface area contributed by atoms with E-state index in [1.54, 1.807) is 19.2 Å². The van der Waals surface area contributed by atoms with Crippen molar-refractivity contribution in [1.82, 2.24) is 14.8 Å². The highest BCUT2D eigenvalue weighted by Crippen LogP contribution is 2.37. The summed E-state index contributed by atoms with van der Waals surface area (Å²) in [6.45, 7) is 1.78. The average molecular weight is 351 g/mol. The van der Waals surface area contributed by atoms with E-state index in [1.807, 2.05) is 18.2 Å². The third-order valence-electron chi connectivity index (χ3n) is 3.60. The third-order valence-corrected chi connectivity index (χ3v) is 3.60. The van der Waals surface area contributed by atoms with Crippen LogP contribution in [0.15, 0.2) is 36.4 Å². The van der Waals surface area contributed by atoms with Gasteiger partial charge in [-0.2, -0.15) is 23.3 Å². The van der Waals surface area contributed by atoms with Crippen molar-refractivity contribution in [3.63, 3.8) is 0 Å². The molecule has 0 aliphatic rings. The number of nitrogens with zero attached hydrogens (tertiary/aromatic N) is 3. The zero-order valence-corrected chi connectivity index (χ0v) is 13.7. The molecule has 3 rings (SSSR count). The van der Waals surface area contributed by atoms with E-state index in [0.717, 1.165) is 6.07 Å². The predicted molar refractivity (Wildman–Crippen MR) is 85.7 cm³/mol. The largest absolute Gasteiger partial charge is 0.490 e. The minimum atomic E-state index is -4.52. The van der Waals surface area contributed by atoms with Gasteiger partial charge in [-0.25, -0.2) is 0 Å². The van der Waals surface area contributed by atoms with Gasteiger partial charge in [0.1, 0.15) is 19.0 Å². The van der Waals surface area contributed by atoms with Crippen LogP contribution in [0.4, 0.5) is 13.2 Å². The van der Waals surface area contributed by atoms with Crippen LogP contribution in [0.5, 0.6) is 11.6 Å². The van der Waals surface area contributed by atoms with Crippen molar-refractivity contribution in [2.24, 2.45) is 7.05 Å². The molecule has 0 saturated carbocycles. The zero-order valence-electron chi connectivity index (χ0n) is 13.7. The summed E-state index contributed by atoms with van der Waals surface area (Å²) in [5.74, 6) is 0.548. The maximum Gasteiger partial charge on any atom is 0.417 e. The van der Waals surface area contributed by atoms with Crippen molar-refractivity contribution >= 4 is 11.0 Å². The van der Waals surface area contributed by atoms with Gasteiger partial charge in [0.2, 0.25) is 5.88 Å². The first-order valence-corrected chi connectivity index (χ1v) is 7.58. The van der Waals surface area contributed by atoms with E-state index in [0.29, 0.717) is 5.75 Å². The smallest absolute Gasteiger partial charge is 0.417 e. The SMILES string of the molecule is Cc1nn(C)c2nc(OCCOc3ccccc3)cc(C(F)(F)F)c12. The second kappa shape index (κ2) is 6.62. The maximum atomic E-state index is 13.4. The average Bonchev–Trinajstić information content (AvgIpc) is 2.85. The minimum Gasteiger partial charge on any atom is -0.490 e. The molecule has 2 aromatic heterocycles. The number of hydrogen-bond acceptors (Lipinski definition) is 4. The van der Waals surface area contributed by atoms with Crippen LogP contribution in [0.25, 0.3) is 11.0 Å². The van der Waals surface area contributed by atoms with Crippen molar-refractivity contribution in [2.45, 2.75) is 13.1 Å². The standard InChI is InChI=1S/C17H16F3N3O2/c1-11-15-13(17(18,19)20)10-14(21-16(15)23(2)22-11)25-9-8-24-12-6-4-3-5-7-12/h3-7,10H,8-9H2,1-2H3. The molecular weight excluding hydrogens is 335 g/mol. The van der Waals surface area contributed by atoms with Crippen LogP contribution >= 0.6 is 0 Å². The molecule has 0 fully saturated rings. The molecule has 8 heteroatoms. The van der Waals surface area contributed by atoms with Crippen LogP contribution in [0.1, 0.15) is 11.3 Å². The van der Waals surface area contributed by atoms with Crippen LogP contribution in [0.3, 0.4) is 0 Å². The summed E-state index contributed by atoms with van der Waals surface area (Å²) in [6, 6.07) is 9.98. The first kappa shape index (κ1) is 17.1. The Hall–Kier alpha value is -2.77. The number of para-hydroxylation sites is 1. The summed E-state index contributed by atoms with van der Waals surface area (Å²) in [4.78, 5) is 4.14. The molecule has 0 saturated heterocycles. The summed E-state index contributed by atoms with van der Waals surface area (Å²) in [7, 11) is 1.55. The predicted octanol–water partition coefficient (Wildman–Crippen LogP) is 3.75. The van der Waals surface area contributed by atoms with E-state index in [9.17, 15) is 13.2 Å². The Morgan fingerprint density at radius 2 is 1.76 bits per heavy atom. The molecule has 0 unspecified atom stereocenters. The lowest BCUT2D eigenvalue weighted by Gasteiger charge is -2.12. The molecule has 2 heterocycles. The van der Waals surface area contributed by atoms with Gasteiger partial charge in [0.25, 0.3) is 0 Å². The summed E-state index contributed by atoms with van der Waals surface area (Å²) in [5, 5.41) is 4.00. The topological polar surface area (TPSA) is 49.2 Å². The van der Waals surface area contributed by atoms with Crippen LogP contribution in [0, 0.1) is 6.92 Å². The molecular formula is C17H16F3N3O2. The van der Waals surface area contributed by atoms with E-state index in [1.165, 1.54) is 11.6 Å². The number of pyridine rings is 1. The summed E-state index contributed by atoms with van der Waals surface area (Å²) in [5.41, 5.74) is -0.398. The lowest BCUT2D eigenvalue weighted by molar-refractivity contribution is -0.136. The normalized spacial score (nSPS) is 11.7. The fraction of sp³-hybridized carbons (Fsp3) is 0.294. The van der Waals surface area contributed by atoms with Gasteiger partial charge in [0, 0.05) is 13.1 Å². The molecule has 0 amide bonds. The van der Waals surface area contributed by atoms with Crippen molar-refractivity contribution in [3.8, 4) is 11.6 Å². The van der Waals surface area contributed by atoms with E-state index >= 15 is 0 Å².